The third-order valence-corrected chi connectivity index (χ3v) is 9.60. The fourth-order valence-corrected chi connectivity index (χ4v) is 8.13. The molecular formula is C26H18F2Zr. The zero-order chi connectivity index (χ0) is 17.8. The molecule has 0 fully saturated rings. The summed E-state index contributed by atoms with van der Waals surface area (Å²) in [6.45, 7) is 0. The Morgan fingerprint density at radius 3 is 1.34 bits per heavy atom. The standard InChI is InChI=1S/2C13H9.2FH.Zr/c2*1-3-7-12-10(5-1)9-11-6-2-4-8-13(11)12;;;/h2*1-5,7-8H,9H2;2*1H;/q;;;;+2/p-2. The van der Waals surface area contributed by atoms with Crippen molar-refractivity contribution < 1.29 is 32.6 Å². The summed E-state index contributed by atoms with van der Waals surface area (Å²) in [6, 6.07) is 31.8. The first-order chi connectivity index (χ1) is 13.4. The second kappa shape index (κ2) is 7.80. The van der Waals surface area contributed by atoms with Gasteiger partial charge in [-0.15, -0.1) is 0 Å². The summed E-state index contributed by atoms with van der Waals surface area (Å²) < 4.78 is 3.30. The van der Waals surface area contributed by atoms with E-state index in [1.54, 1.807) is 17.7 Å². The van der Waals surface area contributed by atoms with Gasteiger partial charge in [0.2, 0.25) is 0 Å². The van der Waals surface area contributed by atoms with Gasteiger partial charge < -0.3 is 9.41 Å². The van der Waals surface area contributed by atoms with Gasteiger partial charge in [-0.2, -0.15) is 0 Å². The number of hydrogen-bond donors (Lipinski definition) is 0. The molecule has 0 radical (unpaired) electrons. The number of halogens is 2. The van der Waals surface area contributed by atoms with Crippen molar-refractivity contribution in [2.75, 3.05) is 0 Å². The van der Waals surface area contributed by atoms with E-state index < -0.39 is 23.2 Å². The second-order valence-electron chi connectivity index (χ2n) is 7.46. The van der Waals surface area contributed by atoms with Gasteiger partial charge in [0.15, 0.2) is 0 Å². The summed E-state index contributed by atoms with van der Waals surface area (Å²) in [5, 5.41) is 0. The summed E-state index contributed by atoms with van der Waals surface area (Å²) >= 11 is -0.849. The van der Waals surface area contributed by atoms with Gasteiger partial charge in [-0.3, -0.25) is 0 Å². The molecule has 0 aromatic heterocycles. The molecule has 0 atom stereocenters. The minimum absolute atomic E-state index is 0. The van der Waals surface area contributed by atoms with Gasteiger partial charge in [0.05, 0.1) is 0 Å². The number of fused-ring (bicyclic) bond motifs is 6. The molecule has 0 amide bonds. The summed E-state index contributed by atoms with van der Waals surface area (Å²) in [6.07, 6.45) is 2.22. The molecule has 0 saturated carbocycles. The molecule has 2 aliphatic rings. The van der Waals surface area contributed by atoms with Crippen molar-refractivity contribution in [1.82, 2.24) is 0 Å². The third kappa shape index (κ3) is 3.13. The van der Waals surface area contributed by atoms with E-state index in [0.29, 0.717) is 0 Å². The summed E-state index contributed by atoms with van der Waals surface area (Å²) in [5.41, 5.74) is 12.0. The van der Waals surface area contributed by atoms with Gasteiger partial charge in [-0.05, 0) is 0 Å². The number of rotatable bonds is 2. The summed E-state index contributed by atoms with van der Waals surface area (Å²) in [5.74, 6) is 0. The van der Waals surface area contributed by atoms with Gasteiger partial charge in [0.25, 0.3) is 0 Å². The van der Waals surface area contributed by atoms with Crippen LogP contribution >= 0.6 is 0 Å². The molecule has 0 heterocycles. The molecule has 0 nitrogen and oxygen atoms in total. The van der Waals surface area contributed by atoms with Crippen LogP contribution in [-0.4, -0.2) is 0 Å². The van der Waals surface area contributed by atoms with E-state index in [0.717, 1.165) is 12.8 Å². The predicted molar refractivity (Wildman–Crippen MR) is 109 cm³/mol. The van der Waals surface area contributed by atoms with Crippen LogP contribution in [0, 0.1) is 0 Å². The molecule has 0 saturated heterocycles. The van der Waals surface area contributed by atoms with Crippen LogP contribution in [0.5, 0.6) is 0 Å². The predicted octanol–water partition coefficient (Wildman–Crippen LogP) is -1.13. The third-order valence-electron chi connectivity index (χ3n) is 5.97. The minimum atomic E-state index is -0.849. The Labute approximate surface area is 180 Å². The van der Waals surface area contributed by atoms with Gasteiger partial charge in [0, 0.05) is 0 Å². The Morgan fingerprint density at radius 2 is 0.862 bits per heavy atom. The molecule has 0 spiro atoms. The van der Waals surface area contributed by atoms with Crippen molar-refractivity contribution >= 4 is 6.54 Å². The molecule has 2 aliphatic carbocycles. The van der Waals surface area contributed by atoms with E-state index in [-0.39, 0.29) is 9.41 Å². The van der Waals surface area contributed by atoms with E-state index in [1.165, 1.54) is 33.4 Å². The SMILES string of the molecule is [F-].[F-].c1ccc2c(c1)Cc1[c]([Zr+2][c]3cccc4c3Cc3ccccc3-4)cccc1-2. The number of benzene rings is 4. The van der Waals surface area contributed by atoms with Gasteiger partial charge in [0.1, 0.15) is 0 Å². The van der Waals surface area contributed by atoms with E-state index >= 15 is 0 Å². The molecule has 4 aromatic rings. The topological polar surface area (TPSA) is 0 Å². The Balaban J connectivity index is 0.00000102. The maximum atomic E-state index is 2.40. The van der Waals surface area contributed by atoms with Crippen molar-refractivity contribution in [3.05, 3.63) is 107 Å². The Bertz CT molecular complexity index is 1120. The second-order valence-corrected chi connectivity index (χ2v) is 10.7. The van der Waals surface area contributed by atoms with Crippen LogP contribution in [0.25, 0.3) is 22.3 Å². The molecule has 0 bridgehead atoms. The van der Waals surface area contributed by atoms with Crippen molar-refractivity contribution in [1.29, 1.82) is 0 Å². The van der Waals surface area contributed by atoms with Crippen LogP contribution in [0.3, 0.4) is 0 Å². The quantitative estimate of drug-likeness (QED) is 0.308. The van der Waals surface area contributed by atoms with Crippen LogP contribution < -0.4 is 16.0 Å². The maximum absolute atomic E-state index is 2.40. The average molecular weight is 460 g/mol. The molecule has 140 valence electrons. The van der Waals surface area contributed by atoms with Gasteiger partial charge in [-0.1, -0.05) is 0 Å². The first-order valence-electron chi connectivity index (χ1n) is 9.56. The Kier molecular flexibility index (Phi) is 5.36. The average Bonchev–Trinajstić information content (AvgIpc) is 3.28. The van der Waals surface area contributed by atoms with E-state index in [1.807, 2.05) is 0 Å². The molecule has 0 aliphatic heterocycles. The summed E-state index contributed by atoms with van der Waals surface area (Å²) in [7, 11) is 0. The van der Waals surface area contributed by atoms with E-state index in [9.17, 15) is 0 Å². The Hall–Kier alpha value is -2.38. The van der Waals surface area contributed by atoms with Gasteiger partial charge in [-0.25, -0.2) is 0 Å². The fraction of sp³-hybridized carbons (Fsp3) is 0.0769. The molecule has 4 aromatic carbocycles. The molecule has 6 rings (SSSR count). The monoisotopic (exact) mass is 458 g/mol. The van der Waals surface area contributed by atoms with Crippen LogP contribution in [0.15, 0.2) is 84.9 Å². The van der Waals surface area contributed by atoms with E-state index in [4.69, 9.17) is 0 Å². The van der Waals surface area contributed by atoms with Crippen molar-refractivity contribution in [3.63, 3.8) is 0 Å². The van der Waals surface area contributed by atoms with Crippen LogP contribution in [0.2, 0.25) is 0 Å². The van der Waals surface area contributed by atoms with Crippen LogP contribution in [0.4, 0.5) is 0 Å². The van der Waals surface area contributed by atoms with E-state index in [2.05, 4.69) is 84.9 Å². The molecule has 0 N–H and O–H groups in total. The molecule has 0 unspecified atom stereocenters. The zero-order valence-corrected chi connectivity index (χ0v) is 18.2. The molecule has 3 heteroatoms. The van der Waals surface area contributed by atoms with Crippen molar-refractivity contribution in [2.45, 2.75) is 12.8 Å². The van der Waals surface area contributed by atoms with Crippen molar-refractivity contribution in [2.24, 2.45) is 0 Å². The normalized spacial score (nSPS) is 11.9. The first-order valence-corrected chi connectivity index (χ1v) is 12.0. The first kappa shape index (κ1) is 19.9. The Morgan fingerprint density at radius 1 is 0.448 bits per heavy atom. The van der Waals surface area contributed by atoms with Gasteiger partial charge >= 0.3 is 172 Å². The zero-order valence-electron chi connectivity index (χ0n) is 15.8. The fourth-order valence-electron chi connectivity index (χ4n) is 4.69. The molecule has 29 heavy (non-hydrogen) atoms. The van der Waals surface area contributed by atoms with Crippen molar-refractivity contribution in [3.8, 4) is 22.3 Å². The van der Waals surface area contributed by atoms with Crippen LogP contribution in [0.1, 0.15) is 22.3 Å². The molecular weight excluding hydrogens is 442 g/mol. The number of hydrogen-bond acceptors (Lipinski definition) is 0. The summed E-state index contributed by atoms with van der Waals surface area (Å²) in [4.78, 5) is 0. The van der Waals surface area contributed by atoms with Crippen LogP contribution in [-0.2, 0) is 36.1 Å².